The Morgan fingerprint density at radius 1 is 1.10 bits per heavy atom. The highest BCUT2D eigenvalue weighted by atomic mass is 16.2. The molecule has 6 heteroatoms. The molecule has 6 nitrogen and oxygen atoms in total. The van der Waals surface area contributed by atoms with Crippen LogP contribution in [-0.2, 0) is 13.1 Å². The van der Waals surface area contributed by atoms with Crippen molar-refractivity contribution in [1.82, 2.24) is 19.8 Å². The van der Waals surface area contributed by atoms with Gasteiger partial charge in [0.2, 0.25) is 0 Å². The maximum atomic E-state index is 13.2. The number of fused-ring (bicyclic) bond motifs is 3. The van der Waals surface area contributed by atoms with Gasteiger partial charge in [-0.1, -0.05) is 43.5 Å². The molecule has 2 aromatic carbocycles. The molecular formula is C25H28N4O2. The van der Waals surface area contributed by atoms with E-state index in [4.69, 9.17) is 0 Å². The van der Waals surface area contributed by atoms with Crippen LogP contribution in [-0.4, -0.2) is 38.9 Å². The maximum Gasteiger partial charge on any atom is 0.290 e. The number of amides is 2. The zero-order valence-corrected chi connectivity index (χ0v) is 17.9. The molecule has 5 rings (SSSR count). The molecule has 0 spiro atoms. The first kappa shape index (κ1) is 19.8. The fourth-order valence-corrected chi connectivity index (χ4v) is 4.93. The number of nitrogens with zero attached hydrogens (tertiary/aromatic N) is 3. The first-order valence-corrected chi connectivity index (χ1v) is 11.3. The minimum absolute atomic E-state index is 0.0277. The lowest BCUT2D eigenvalue weighted by Crippen LogP contribution is -2.47. The lowest BCUT2D eigenvalue weighted by atomic mass is 9.94. The minimum Gasteiger partial charge on any atom is -0.348 e. The summed E-state index contributed by atoms with van der Waals surface area (Å²) < 4.78 is 2.01. The molecule has 0 radical (unpaired) electrons. The van der Waals surface area contributed by atoms with Crippen molar-refractivity contribution in [3.8, 4) is 0 Å². The van der Waals surface area contributed by atoms with Crippen LogP contribution in [0.15, 0.2) is 42.5 Å². The number of nitrogens with one attached hydrogen (secondary N) is 1. The van der Waals surface area contributed by atoms with Gasteiger partial charge in [-0.3, -0.25) is 9.59 Å². The third-order valence-electron chi connectivity index (χ3n) is 6.74. The molecule has 2 aliphatic rings. The van der Waals surface area contributed by atoms with Crippen LogP contribution in [0, 0.1) is 6.92 Å². The average molecular weight is 417 g/mol. The summed E-state index contributed by atoms with van der Waals surface area (Å²) in [5.41, 5.74) is 4.44. The molecule has 3 aromatic rings. The highest BCUT2D eigenvalue weighted by Gasteiger charge is 2.33. The van der Waals surface area contributed by atoms with Gasteiger partial charge < -0.3 is 14.8 Å². The number of carbonyl (C=O) groups is 2. The van der Waals surface area contributed by atoms with Crippen LogP contribution in [0.25, 0.3) is 11.0 Å². The average Bonchev–Trinajstić information content (AvgIpc) is 3.18. The molecular weight excluding hydrogens is 388 g/mol. The van der Waals surface area contributed by atoms with Gasteiger partial charge in [0, 0.05) is 31.2 Å². The fraction of sp³-hybridized carbons (Fsp3) is 0.400. The summed E-state index contributed by atoms with van der Waals surface area (Å²) in [4.78, 5) is 32.5. The standard InChI is InChI=1S/C25H28N4O2/c1-17-7-5-6-8-19(17)16-26-24(30)18-11-12-22-21(15-18)27-23-25(31)28(13-14-29(22)23)20-9-3-2-4-10-20/h5-8,11-12,15,20H,2-4,9-10,13-14,16H2,1H3,(H,26,30). The van der Waals surface area contributed by atoms with Gasteiger partial charge in [0.1, 0.15) is 0 Å². The van der Waals surface area contributed by atoms with Gasteiger partial charge in [0.05, 0.1) is 11.0 Å². The smallest absolute Gasteiger partial charge is 0.290 e. The third kappa shape index (κ3) is 3.71. The van der Waals surface area contributed by atoms with E-state index in [1.807, 2.05) is 52.8 Å². The molecule has 31 heavy (non-hydrogen) atoms. The van der Waals surface area contributed by atoms with E-state index < -0.39 is 0 Å². The van der Waals surface area contributed by atoms with Crippen molar-refractivity contribution in [2.24, 2.45) is 0 Å². The predicted octanol–water partition coefficient (Wildman–Crippen LogP) is 4.06. The molecule has 1 fully saturated rings. The number of aromatic nitrogens is 2. The second-order valence-corrected chi connectivity index (χ2v) is 8.69. The lowest BCUT2D eigenvalue weighted by Gasteiger charge is -2.36. The second-order valence-electron chi connectivity index (χ2n) is 8.69. The number of imidazole rings is 1. The van der Waals surface area contributed by atoms with Gasteiger partial charge in [0.25, 0.3) is 11.8 Å². The SMILES string of the molecule is Cc1ccccc1CNC(=O)c1ccc2c(c1)nc1n2CCN(C2CCCCC2)C1=O. The van der Waals surface area contributed by atoms with E-state index in [0.717, 1.165) is 42.6 Å². The quantitative estimate of drug-likeness (QED) is 0.697. The van der Waals surface area contributed by atoms with Crippen LogP contribution < -0.4 is 5.32 Å². The minimum atomic E-state index is -0.133. The zero-order chi connectivity index (χ0) is 21.4. The molecule has 1 N–H and O–H groups in total. The van der Waals surface area contributed by atoms with Crippen LogP contribution in [0.5, 0.6) is 0 Å². The summed E-state index contributed by atoms with van der Waals surface area (Å²) in [6.07, 6.45) is 5.86. The van der Waals surface area contributed by atoms with Crippen molar-refractivity contribution in [1.29, 1.82) is 0 Å². The molecule has 2 heterocycles. The van der Waals surface area contributed by atoms with Crippen LogP contribution >= 0.6 is 0 Å². The molecule has 1 aliphatic carbocycles. The number of benzene rings is 2. The Morgan fingerprint density at radius 3 is 2.71 bits per heavy atom. The van der Waals surface area contributed by atoms with E-state index in [1.54, 1.807) is 6.07 Å². The normalized spacial score (nSPS) is 17.1. The van der Waals surface area contributed by atoms with E-state index in [9.17, 15) is 9.59 Å². The van der Waals surface area contributed by atoms with E-state index >= 15 is 0 Å². The molecule has 160 valence electrons. The number of hydrogen-bond acceptors (Lipinski definition) is 3. The van der Waals surface area contributed by atoms with Crippen molar-refractivity contribution >= 4 is 22.8 Å². The number of hydrogen-bond donors (Lipinski definition) is 1. The van der Waals surface area contributed by atoms with Gasteiger partial charge in [-0.05, 0) is 49.1 Å². The molecule has 1 aliphatic heterocycles. The zero-order valence-electron chi connectivity index (χ0n) is 17.9. The van der Waals surface area contributed by atoms with Gasteiger partial charge in [-0.2, -0.15) is 0 Å². The monoisotopic (exact) mass is 416 g/mol. The van der Waals surface area contributed by atoms with Crippen molar-refractivity contribution in [3.63, 3.8) is 0 Å². The van der Waals surface area contributed by atoms with Crippen molar-refractivity contribution in [2.75, 3.05) is 6.54 Å². The van der Waals surface area contributed by atoms with Crippen molar-refractivity contribution in [3.05, 3.63) is 65.0 Å². The van der Waals surface area contributed by atoms with E-state index in [1.165, 1.54) is 19.3 Å². The maximum absolute atomic E-state index is 13.2. The lowest BCUT2D eigenvalue weighted by molar-refractivity contribution is 0.0566. The summed E-state index contributed by atoms with van der Waals surface area (Å²) >= 11 is 0. The second kappa shape index (κ2) is 8.17. The van der Waals surface area contributed by atoms with E-state index in [2.05, 4.69) is 10.3 Å². The van der Waals surface area contributed by atoms with Crippen LogP contribution in [0.4, 0.5) is 0 Å². The van der Waals surface area contributed by atoms with Crippen molar-refractivity contribution in [2.45, 2.75) is 58.2 Å². The summed E-state index contributed by atoms with van der Waals surface area (Å²) in [7, 11) is 0. The van der Waals surface area contributed by atoms with Gasteiger partial charge in [0.15, 0.2) is 5.82 Å². The first-order chi connectivity index (χ1) is 15.1. The molecule has 0 saturated heterocycles. The van der Waals surface area contributed by atoms with E-state index in [-0.39, 0.29) is 11.8 Å². The summed E-state index contributed by atoms with van der Waals surface area (Å²) in [6, 6.07) is 13.9. The number of rotatable bonds is 4. The Labute approximate surface area is 182 Å². The van der Waals surface area contributed by atoms with Crippen LogP contribution in [0.3, 0.4) is 0 Å². The van der Waals surface area contributed by atoms with Gasteiger partial charge >= 0.3 is 0 Å². The first-order valence-electron chi connectivity index (χ1n) is 11.3. The van der Waals surface area contributed by atoms with Gasteiger partial charge in [-0.15, -0.1) is 0 Å². The largest absolute Gasteiger partial charge is 0.348 e. The molecule has 1 saturated carbocycles. The topological polar surface area (TPSA) is 67.2 Å². The molecule has 0 unspecified atom stereocenters. The molecule has 1 aromatic heterocycles. The Morgan fingerprint density at radius 2 is 1.90 bits per heavy atom. The highest BCUT2D eigenvalue weighted by Crippen LogP contribution is 2.28. The molecule has 2 amide bonds. The Balaban J connectivity index is 1.36. The van der Waals surface area contributed by atoms with E-state index in [0.29, 0.717) is 29.5 Å². The Bertz CT molecular complexity index is 1140. The Hall–Kier alpha value is -3.15. The van der Waals surface area contributed by atoms with Crippen molar-refractivity contribution < 1.29 is 9.59 Å². The highest BCUT2D eigenvalue weighted by molar-refractivity contribution is 6.00. The number of aryl methyl sites for hydroxylation is 1. The summed E-state index contributed by atoms with van der Waals surface area (Å²) in [6.45, 7) is 4.02. The summed E-state index contributed by atoms with van der Waals surface area (Å²) in [5.74, 6) is 0.399. The van der Waals surface area contributed by atoms with Gasteiger partial charge in [-0.25, -0.2) is 4.98 Å². The predicted molar refractivity (Wildman–Crippen MR) is 120 cm³/mol. The molecule has 0 bridgehead atoms. The van der Waals surface area contributed by atoms with Crippen LogP contribution in [0.1, 0.15) is 64.2 Å². The third-order valence-corrected chi connectivity index (χ3v) is 6.74. The molecule has 0 atom stereocenters. The van der Waals surface area contributed by atoms with Crippen LogP contribution in [0.2, 0.25) is 0 Å². The Kier molecular flexibility index (Phi) is 5.22. The fourth-order valence-electron chi connectivity index (χ4n) is 4.93. The number of carbonyl (C=O) groups excluding carboxylic acids is 2. The summed E-state index contributed by atoms with van der Waals surface area (Å²) in [5, 5.41) is 2.99.